The standard InChI is InChI=1S/C14H25N3O5Si/c1-4-7-23(2,3)22-12-9(8-18)21-13(11(12)19)17-6-5-10(15)16-14(17)20/h5-6,9,11-13,18-19H,4,7-8H2,1-3H3,(H2,15,16,20). The molecule has 0 spiro atoms. The van der Waals surface area contributed by atoms with Gasteiger partial charge in [-0.3, -0.25) is 4.57 Å². The minimum atomic E-state index is -2.00. The highest BCUT2D eigenvalue weighted by Gasteiger charge is 2.47. The molecule has 1 aromatic rings. The van der Waals surface area contributed by atoms with Crippen LogP contribution in [0.1, 0.15) is 19.6 Å². The summed E-state index contributed by atoms with van der Waals surface area (Å²) in [4.78, 5) is 15.6. The molecule has 0 bridgehead atoms. The van der Waals surface area contributed by atoms with Crippen LogP contribution in [0.3, 0.4) is 0 Å². The van der Waals surface area contributed by atoms with Crippen molar-refractivity contribution in [3.63, 3.8) is 0 Å². The molecule has 2 heterocycles. The molecule has 0 radical (unpaired) electrons. The Kier molecular flexibility index (Phi) is 5.58. The second-order valence-corrected chi connectivity index (χ2v) is 10.6. The van der Waals surface area contributed by atoms with E-state index in [2.05, 4.69) is 25.0 Å². The Labute approximate surface area is 136 Å². The van der Waals surface area contributed by atoms with Crippen molar-refractivity contribution in [1.29, 1.82) is 0 Å². The maximum Gasteiger partial charge on any atom is 0.351 e. The summed E-state index contributed by atoms with van der Waals surface area (Å²) < 4.78 is 12.9. The Hall–Kier alpha value is -1.26. The third-order valence-electron chi connectivity index (χ3n) is 3.92. The summed E-state index contributed by atoms with van der Waals surface area (Å²) in [6.45, 7) is 5.89. The lowest BCUT2D eigenvalue weighted by Crippen LogP contribution is -2.45. The van der Waals surface area contributed by atoms with E-state index in [4.69, 9.17) is 14.9 Å². The van der Waals surface area contributed by atoms with E-state index in [-0.39, 0.29) is 12.4 Å². The quantitative estimate of drug-likeness (QED) is 0.625. The van der Waals surface area contributed by atoms with Gasteiger partial charge >= 0.3 is 5.69 Å². The SMILES string of the molecule is CCC[Si](C)(C)OC1C(CO)OC(n2ccc(N)nc2=O)C1O. The molecular formula is C14H25N3O5Si. The third-order valence-corrected chi connectivity index (χ3v) is 6.54. The van der Waals surface area contributed by atoms with Gasteiger partial charge in [0.05, 0.1) is 6.61 Å². The summed E-state index contributed by atoms with van der Waals surface area (Å²) in [6, 6.07) is 2.39. The molecule has 8 nitrogen and oxygen atoms in total. The van der Waals surface area contributed by atoms with Gasteiger partial charge in [0.1, 0.15) is 24.1 Å². The summed E-state index contributed by atoms with van der Waals surface area (Å²) >= 11 is 0. The Morgan fingerprint density at radius 2 is 2.22 bits per heavy atom. The van der Waals surface area contributed by atoms with Gasteiger partial charge in [-0.25, -0.2) is 4.79 Å². The van der Waals surface area contributed by atoms with Crippen molar-refractivity contribution in [2.45, 2.75) is 57.0 Å². The molecule has 130 valence electrons. The molecule has 0 aromatic carbocycles. The number of hydrogen-bond acceptors (Lipinski definition) is 7. The number of ether oxygens (including phenoxy) is 1. The number of rotatable bonds is 6. The van der Waals surface area contributed by atoms with Crippen LogP contribution in [0.15, 0.2) is 17.1 Å². The summed E-state index contributed by atoms with van der Waals surface area (Å²) in [5.41, 5.74) is 4.86. The maximum absolute atomic E-state index is 11.9. The fourth-order valence-corrected chi connectivity index (χ4v) is 5.24. The van der Waals surface area contributed by atoms with Crippen molar-refractivity contribution in [3.05, 3.63) is 22.7 Å². The molecule has 1 aromatic heterocycles. The first-order valence-corrected chi connectivity index (χ1v) is 10.9. The van der Waals surface area contributed by atoms with E-state index >= 15 is 0 Å². The number of nitrogens with zero attached hydrogens (tertiary/aromatic N) is 2. The predicted molar refractivity (Wildman–Crippen MR) is 87.4 cm³/mol. The Morgan fingerprint density at radius 3 is 2.78 bits per heavy atom. The van der Waals surface area contributed by atoms with Crippen LogP contribution >= 0.6 is 0 Å². The van der Waals surface area contributed by atoms with Gasteiger partial charge in [0.15, 0.2) is 14.5 Å². The molecule has 1 saturated heterocycles. The molecule has 2 rings (SSSR count). The lowest BCUT2D eigenvalue weighted by molar-refractivity contribution is -0.0545. The second-order valence-electron chi connectivity index (χ2n) is 6.37. The summed E-state index contributed by atoms with van der Waals surface area (Å²) in [5, 5.41) is 20.1. The molecule has 1 aliphatic heterocycles. The van der Waals surface area contributed by atoms with E-state index in [1.807, 2.05) is 0 Å². The van der Waals surface area contributed by atoms with Crippen LogP contribution in [-0.4, -0.2) is 53.0 Å². The van der Waals surface area contributed by atoms with Crippen molar-refractivity contribution in [2.24, 2.45) is 0 Å². The van der Waals surface area contributed by atoms with E-state index < -0.39 is 38.5 Å². The molecule has 23 heavy (non-hydrogen) atoms. The lowest BCUT2D eigenvalue weighted by Gasteiger charge is -2.30. The Bertz CT molecular complexity index is 594. The van der Waals surface area contributed by atoms with Crippen LogP contribution in [0.2, 0.25) is 19.1 Å². The van der Waals surface area contributed by atoms with Crippen molar-refractivity contribution < 1.29 is 19.4 Å². The van der Waals surface area contributed by atoms with Gasteiger partial charge in [-0.1, -0.05) is 13.3 Å². The highest BCUT2D eigenvalue weighted by atomic mass is 28.4. The van der Waals surface area contributed by atoms with Gasteiger partial charge in [0.25, 0.3) is 0 Å². The lowest BCUT2D eigenvalue weighted by atomic mass is 10.1. The fourth-order valence-electron chi connectivity index (χ4n) is 2.89. The number of aromatic nitrogens is 2. The van der Waals surface area contributed by atoms with Crippen LogP contribution in [0.4, 0.5) is 5.82 Å². The molecule has 4 unspecified atom stereocenters. The third kappa shape index (κ3) is 3.99. The van der Waals surface area contributed by atoms with E-state index in [1.54, 1.807) is 0 Å². The number of nitrogen functional groups attached to an aromatic ring is 1. The first-order valence-electron chi connectivity index (χ1n) is 7.76. The topological polar surface area (TPSA) is 120 Å². The van der Waals surface area contributed by atoms with Crippen LogP contribution in [0.25, 0.3) is 0 Å². The largest absolute Gasteiger partial charge is 0.409 e. The minimum Gasteiger partial charge on any atom is -0.409 e. The number of aliphatic hydroxyl groups excluding tert-OH is 2. The zero-order valence-electron chi connectivity index (χ0n) is 13.7. The molecule has 0 aliphatic carbocycles. The van der Waals surface area contributed by atoms with Crippen LogP contribution < -0.4 is 11.4 Å². The molecular weight excluding hydrogens is 318 g/mol. The predicted octanol–water partition coefficient (Wildman–Crippen LogP) is 0.0764. The van der Waals surface area contributed by atoms with E-state index in [0.717, 1.165) is 12.5 Å². The van der Waals surface area contributed by atoms with Crippen LogP contribution in [0, 0.1) is 0 Å². The molecule has 0 saturated carbocycles. The van der Waals surface area contributed by atoms with E-state index in [0.29, 0.717) is 0 Å². The van der Waals surface area contributed by atoms with Crippen molar-refractivity contribution in [1.82, 2.24) is 9.55 Å². The van der Waals surface area contributed by atoms with Gasteiger partial charge in [0, 0.05) is 6.20 Å². The van der Waals surface area contributed by atoms with Gasteiger partial charge in [-0.2, -0.15) is 4.98 Å². The summed E-state index contributed by atoms with van der Waals surface area (Å²) in [5.74, 6) is 0.0988. The summed E-state index contributed by atoms with van der Waals surface area (Å²) in [6.07, 6.45) is -0.990. The van der Waals surface area contributed by atoms with Crippen molar-refractivity contribution in [3.8, 4) is 0 Å². The van der Waals surface area contributed by atoms with Gasteiger partial charge < -0.3 is 25.1 Å². The molecule has 9 heteroatoms. The molecule has 4 atom stereocenters. The number of nitrogens with two attached hydrogens (primary N) is 1. The highest BCUT2D eigenvalue weighted by Crippen LogP contribution is 2.33. The first kappa shape index (κ1) is 18.1. The zero-order chi connectivity index (χ0) is 17.2. The number of hydrogen-bond donors (Lipinski definition) is 3. The van der Waals surface area contributed by atoms with Crippen molar-refractivity contribution in [2.75, 3.05) is 12.3 Å². The van der Waals surface area contributed by atoms with Crippen LogP contribution in [-0.2, 0) is 9.16 Å². The zero-order valence-corrected chi connectivity index (χ0v) is 14.7. The summed E-state index contributed by atoms with van der Waals surface area (Å²) in [7, 11) is -2.00. The van der Waals surface area contributed by atoms with Crippen molar-refractivity contribution >= 4 is 14.1 Å². The number of aliphatic hydroxyl groups is 2. The Morgan fingerprint density at radius 1 is 1.52 bits per heavy atom. The normalized spacial score (nSPS) is 28.2. The van der Waals surface area contributed by atoms with E-state index in [1.165, 1.54) is 16.8 Å². The average Bonchev–Trinajstić information content (AvgIpc) is 2.75. The second kappa shape index (κ2) is 7.10. The minimum absolute atomic E-state index is 0.0988. The monoisotopic (exact) mass is 343 g/mol. The molecule has 1 aliphatic rings. The average molecular weight is 343 g/mol. The molecule has 4 N–H and O–H groups in total. The van der Waals surface area contributed by atoms with Gasteiger partial charge in [-0.15, -0.1) is 0 Å². The Balaban J connectivity index is 2.24. The first-order chi connectivity index (χ1) is 10.8. The maximum atomic E-state index is 11.9. The van der Waals surface area contributed by atoms with Gasteiger partial charge in [0.2, 0.25) is 0 Å². The van der Waals surface area contributed by atoms with E-state index in [9.17, 15) is 15.0 Å². The van der Waals surface area contributed by atoms with Crippen LogP contribution in [0.5, 0.6) is 0 Å². The fraction of sp³-hybridized carbons (Fsp3) is 0.714. The highest BCUT2D eigenvalue weighted by molar-refractivity contribution is 6.71. The number of anilines is 1. The molecule has 1 fully saturated rings. The smallest absolute Gasteiger partial charge is 0.351 e. The van der Waals surface area contributed by atoms with Gasteiger partial charge in [-0.05, 0) is 25.2 Å². The molecule has 0 amide bonds.